The highest BCUT2D eigenvalue weighted by molar-refractivity contribution is 5.98. The number of ketones is 1. The van der Waals surface area contributed by atoms with Gasteiger partial charge in [0.2, 0.25) is 0 Å². The fourth-order valence-electron chi connectivity index (χ4n) is 1.72. The van der Waals surface area contributed by atoms with Crippen LogP contribution in [0.3, 0.4) is 0 Å². The number of nitrogens with zero attached hydrogens (tertiary/aromatic N) is 1. The highest BCUT2D eigenvalue weighted by Gasteiger charge is 2.12. The number of phenolic OH excluding ortho intramolecular Hbond substituents is 2. The molecule has 0 radical (unpaired) electrons. The number of carbonyl (C=O) groups is 1. The Morgan fingerprint density at radius 1 is 1.22 bits per heavy atom. The third-order valence-corrected chi connectivity index (χ3v) is 2.94. The molecule has 0 amide bonds. The summed E-state index contributed by atoms with van der Waals surface area (Å²) in [6, 6.07) is 4.18. The molecule has 0 bridgehead atoms. The van der Waals surface area contributed by atoms with E-state index in [0.29, 0.717) is 12.1 Å². The Morgan fingerprint density at radius 2 is 1.94 bits per heavy atom. The van der Waals surface area contributed by atoms with Gasteiger partial charge in [0.05, 0.1) is 6.54 Å². The second-order valence-corrected chi connectivity index (χ2v) is 4.35. The quantitative estimate of drug-likeness (QED) is 0.577. The van der Waals surface area contributed by atoms with Gasteiger partial charge < -0.3 is 10.2 Å². The predicted octanol–water partition coefficient (Wildman–Crippen LogP) is 2.40. The third-order valence-electron chi connectivity index (χ3n) is 2.94. The molecule has 0 unspecified atom stereocenters. The number of Topliss-reactive ketones (excluding diaryl/α,β-unsaturated/α-hetero) is 1. The summed E-state index contributed by atoms with van der Waals surface area (Å²) in [5.74, 6) is -0.495. The second-order valence-electron chi connectivity index (χ2n) is 4.35. The number of hydrogen-bond acceptors (Lipinski definition) is 4. The number of rotatable bonds is 7. The van der Waals surface area contributed by atoms with Crippen molar-refractivity contribution >= 4 is 5.78 Å². The molecule has 0 spiro atoms. The lowest BCUT2D eigenvalue weighted by Gasteiger charge is -2.19. The first-order valence-electron chi connectivity index (χ1n) is 6.36. The van der Waals surface area contributed by atoms with Crippen molar-refractivity contribution in [1.82, 2.24) is 4.90 Å². The van der Waals surface area contributed by atoms with Crippen LogP contribution in [0.2, 0.25) is 0 Å². The van der Waals surface area contributed by atoms with E-state index in [1.54, 1.807) is 0 Å². The van der Waals surface area contributed by atoms with Gasteiger partial charge in [-0.25, -0.2) is 0 Å². The molecule has 0 aliphatic carbocycles. The summed E-state index contributed by atoms with van der Waals surface area (Å²) < 4.78 is 0. The molecule has 100 valence electrons. The van der Waals surface area contributed by atoms with Gasteiger partial charge in [-0.3, -0.25) is 9.69 Å². The normalized spacial score (nSPS) is 10.8. The number of hydrogen-bond donors (Lipinski definition) is 2. The standard InChI is InChI=1S/C14H21NO3/c1-3-5-8-15(4-2)10-14(18)11-6-7-12(16)13(17)9-11/h6-7,9,16-17H,3-5,8,10H2,1-2H3. The van der Waals surface area contributed by atoms with E-state index in [-0.39, 0.29) is 17.3 Å². The topological polar surface area (TPSA) is 60.8 Å². The van der Waals surface area contributed by atoms with Crippen molar-refractivity contribution in [2.75, 3.05) is 19.6 Å². The van der Waals surface area contributed by atoms with Gasteiger partial charge in [0.1, 0.15) is 0 Å². The van der Waals surface area contributed by atoms with E-state index in [4.69, 9.17) is 0 Å². The predicted molar refractivity (Wildman–Crippen MR) is 71.1 cm³/mol. The highest BCUT2D eigenvalue weighted by Crippen LogP contribution is 2.25. The van der Waals surface area contributed by atoms with E-state index < -0.39 is 0 Å². The molecule has 1 aromatic rings. The number of benzene rings is 1. The molecule has 0 aliphatic heterocycles. The van der Waals surface area contributed by atoms with Gasteiger partial charge in [0.15, 0.2) is 17.3 Å². The van der Waals surface area contributed by atoms with E-state index >= 15 is 0 Å². The minimum absolute atomic E-state index is 0.0387. The Hall–Kier alpha value is -1.55. The van der Waals surface area contributed by atoms with Crippen molar-refractivity contribution in [3.63, 3.8) is 0 Å². The van der Waals surface area contributed by atoms with Crippen LogP contribution in [0, 0.1) is 0 Å². The Labute approximate surface area is 108 Å². The number of carbonyl (C=O) groups excluding carboxylic acids is 1. The number of unbranched alkanes of at least 4 members (excludes halogenated alkanes) is 1. The molecule has 0 fully saturated rings. The van der Waals surface area contributed by atoms with E-state index in [1.807, 2.05) is 6.92 Å². The molecule has 4 nitrogen and oxygen atoms in total. The maximum absolute atomic E-state index is 12.0. The second kappa shape index (κ2) is 7.01. The van der Waals surface area contributed by atoms with E-state index in [2.05, 4.69) is 11.8 Å². The number of likely N-dealkylation sites (N-methyl/N-ethyl adjacent to an activating group) is 1. The summed E-state index contributed by atoms with van der Waals surface area (Å²) in [5, 5.41) is 18.6. The van der Waals surface area contributed by atoms with Gasteiger partial charge in [-0.2, -0.15) is 0 Å². The van der Waals surface area contributed by atoms with Gasteiger partial charge in [-0.15, -0.1) is 0 Å². The largest absolute Gasteiger partial charge is 0.504 e. The average molecular weight is 251 g/mol. The molecule has 0 aliphatic rings. The molecule has 1 aromatic carbocycles. The maximum Gasteiger partial charge on any atom is 0.176 e. The van der Waals surface area contributed by atoms with Crippen LogP contribution in [-0.4, -0.2) is 40.5 Å². The van der Waals surface area contributed by atoms with E-state index in [0.717, 1.165) is 25.9 Å². The zero-order chi connectivity index (χ0) is 13.5. The van der Waals surface area contributed by atoms with Crippen molar-refractivity contribution < 1.29 is 15.0 Å². The van der Waals surface area contributed by atoms with Crippen LogP contribution in [0.15, 0.2) is 18.2 Å². The van der Waals surface area contributed by atoms with Crippen LogP contribution in [0.25, 0.3) is 0 Å². The molecule has 0 aromatic heterocycles. The van der Waals surface area contributed by atoms with Crippen LogP contribution in [-0.2, 0) is 0 Å². The number of aromatic hydroxyl groups is 2. The smallest absolute Gasteiger partial charge is 0.176 e. The Kier molecular flexibility index (Phi) is 5.65. The zero-order valence-electron chi connectivity index (χ0n) is 11.0. The molecular weight excluding hydrogens is 230 g/mol. The van der Waals surface area contributed by atoms with Gasteiger partial charge in [0, 0.05) is 5.56 Å². The van der Waals surface area contributed by atoms with Gasteiger partial charge in [0.25, 0.3) is 0 Å². The summed E-state index contributed by atoms with van der Waals surface area (Å²) in [7, 11) is 0. The van der Waals surface area contributed by atoms with Gasteiger partial charge in [-0.05, 0) is 37.7 Å². The summed E-state index contributed by atoms with van der Waals surface area (Å²) >= 11 is 0. The van der Waals surface area contributed by atoms with Crippen molar-refractivity contribution in [1.29, 1.82) is 0 Å². The SMILES string of the molecule is CCCCN(CC)CC(=O)c1ccc(O)c(O)c1. The van der Waals surface area contributed by atoms with Gasteiger partial charge in [-0.1, -0.05) is 20.3 Å². The molecule has 4 heteroatoms. The summed E-state index contributed by atoms with van der Waals surface area (Å²) in [6.07, 6.45) is 2.17. The maximum atomic E-state index is 12.0. The summed E-state index contributed by atoms with van der Waals surface area (Å²) in [6.45, 7) is 6.23. The first kappa shape index (κ1) is 14.5. The molecule has 1 rings (SSSR count). The minimum atomic E-state index is -0.252. The van der Waals surface area contributed by atoms with Crippen molar-refractivity contribution in [3.05, 3.63) is 23.8 Å². The fraction of sp³-hybridized carbons (Fsp3) is 0.500. The van der Waals surface area contributed by atoms with Crippen LogP contribution in [0.4, 0.5) is 0 Å². The number of phenols is 2. The van der Waals surface area contributed by atoms with Crippen LogP contribution < -0.4 is 0 Å². The van der Waals surface area contributed by atoms with Gasteiger partial charge >= 0.3 is 0 Å². The van der Waals surface area contributed by atoms with Crippen LogP contribution >= 0.6 is 0 Å². The van der Waals surface area contributed by atoms with Crippen LogP contribution in [0.1, 0.15) is 37.0 Å². The lowest BCUT2D eigenvalue weighted by molar-refractivity contribution is 0.0932. The molecule has 0 heterocycles. The molecule has 2 N–H and O–H groups in total. The summed E-state index contributed by atoms with van der Waals surface area (Å²) in [4.78, 5) is 14.1. The Bertz CT molecular complexity index is 404. The summed E-state index contributed by atoms with van der Waals surface area (Å²) in [5.41, 5.74) is 0.431. The zero-order valence-corrected chi connectivity index (χ0v) is 11.0. The molecule has 0 atom stereocenters. The molecule has 0 saturated carbocycles. The van der Waals surface area contributed by atoms with E-state index in [9.17, 15) is 15.0 Å². The lowest BCUT2D eigenvalue weighted by atomic mass is 10.1. The van der Waals surface area contributed by atoms with Crippen molar-refractivity contribution in [2.45, 2.75) is 26.7 Å². The Balaban J connectivity index is 2.65. The third kappa shape index (κ3) is 4.04. The molecule has 18 heavy (non-hydrogen) atoms. The van der Waals surface area contributed by atoms with Crippen LogP contribution in [0.5, 0.6) is 11.5 Å². The monoisotopic (exact) mass is 251 g/mol. The Morgan fingerprint density at radius 3 is 2.50 bits per heavy atom. The first-order valence-corrected chi connectivity index (χ1v) is 6.36. The fourth-order valence-corrected chi connectivity index (χ4v) is 1.72. The highest BCUT2D eigenvalue weighted by atomic mass is 16.3. The minimum Gasteiger partial charge on any atom is -0.504 e. The van der Waals surface area contributed by atoms with E-state index in [1.165, 1.54) is 18.2 Å². The molecule has 0 saturated heterocycles. The average Bonchev–Trinajstić information content (AvgIpc) is 2.37. The molecular formula is C14H21NO3. The first-order chi connectivity index (χ1) is 8.58. The van der Waals surface area contributed by atoms with Crippen molar-refractivity contribution in [3.8, 4) is 11.5 Å². The van der Waals surface area contributed by atoms with Crippen molar-refractivity contribution in [2.24, 2.45) is 0 Å². The lowest BCUT2D eigenvalue weighted by Crippen LogP contribution is -2.30.